The van der Waals surface area contributed by atoms with Crippen LogP contribution in [-0.2, 0) is 0 Å². The highest BCUT2D eigenvalue weighted by Crippen LogP contribution is 2.21. The summed E-state index contributed by atoms with van der Waals surface area (Å²) in [6, 6.07) is 1.06. The molecule has 2 unspecified atom stereocenters. The zero-order valence-corrected chi connectivity index (χ0v) is 9.02. The fourth-order valence-electron chi connectivity index (χ4n) is 2.59. The molecule has 2 aliphatic heterocycles. The van der Waals surface area contributed by atoms with Crippen LogP contribution in [0.3, 0.4) is 0 Å². The average molecular weight is 221 g/mol. The minimum absolute atomic E-state index is 0.0110. The van der Waals surface area contributed by atoms with E-state index in [0.29, 0.717) is 17.8 Å². The topological polar surface area (TPSA) is 73.9 Å². The van der Waals surface area contributed by atoms with Gasteiger partial charge in [0.1, 0.15) is 0 Å². The Bertz CT molecular complexity index is 377. The maximum atomic E-state index is 12.1. The van der Waals surface area contributed by atoms with Gasteiger partial charge in [0.05, 0.1) is 6.20 Å². The Kier molecular flexibility index (Phi) is 2.36. The van der Waals surface area contributed by atoms with Crippen molar-refractivity contribution in [3.05, 3.63) is 11.9 Å². The first-order chi connectivity index (χ1) is 7.83. The number of fused-ring (bicyclic) bond motifs is 2. The smallest absolute Gasteiger partial charge is 0.276 e. The van der Waals surface area contributed by atoms with Crippen LogP contribution in [0.15, 0.2) is 6.20 Å². The van der Waals surface area contributed by atoms with Gasteiger partial charge in [0.25, 0.3) is 5.91 Å². The van der Waals surface area contributed by atoms with E-state index in [2.05, 4.69) is 20.7 Å². The van der Waals surface area contributed by atoms with Gasteiger partial charge in [0.2, 0.25) is 0 Å². The summed E-state index contributed by atoms with van der Waals surface area (Å²) in [7, 11) is 0. The lowest BCUT2D eigenvalue weighted by Crippen LogP contribution is -2.39. The molecule has 2 bridgehead atoms. The lowest BCUT2D eigenvalue weighted by molar-refractivity contribution is 0.0742. The summed E-state index contributed by atoms with van der Waals surface area (Å²) in [6.07, 6.45) is 4.95. The summed E-state index contributed by atoms with van der Waals surface area (Å²) in [6.45, 7) is 1.61. The minimum Gasteiger partial charge on any atom is -0.336 e. The van der Waals surface area contributed by atoms with Crippen LogP contribution in [-0.4, -0.2) is 51.4 Å². The first-order valence-electron chi connectivity index (χ1n) is 5.74. The third-order valence-corrected chi connectivity index (χ3v) is 3.44. The Hall–Kier alpha value is -1.43. The molecule has 6 heteroatoms. The van der Waals surface area contributed by atoms with Gasteiger partial charge in [-0.25, -0.2) is 0 Å². The molecule has 2 atom stereocenters. The Morgan fingerprint density at radius 2 is 2.25 bits per heavy atom. The molecule has 6 nitrogen and oxygen atoms in total. The van der Waals surface area contributed by atoms with Gasteiger partial charge in [0, 0.05) is 25.2 Å². The molecule has 2 saturated heterocycles. The Balaban J connectivity index is 1.73. The number of nitrogens with one attached hydrogen (secondary N) is 2. The standard InChI is InChI=1S/C10H15N5O/c16-10(9-5-11-14-13-9)15-4-3-7-1-2-8(6-15)12-7/h5,7-8,12H,1-4,6H2,(H,11,13,14). The largest absolute Gasteiger partial charge is 0.336 e. The zero-order valence-electron chi connectivity index (χ0n) is 9.02. The quantitative estimate of drug-likeness (QED) is 0.687. The Morgan fingerprint density at radius 1 is 1.38 bits per heavy atom. The van der Waals surface area contributed by atoms with E-state index in [9.17, 15) is 4.79 Å². The Labute approximate surface area is 93.4 Å². The molecule has 2 aliphatic rings. The number of H-pyrrole nitrogens is 1. The summed E-state index contributed by atoms with van der Waals surface area (Å²) in [4.78, 5) is 13.9. The first kappa shape index (κ1) is 9.77. The van der Waals surface area contributed by atoms with E-state index in [1.165, 1.54) is 19.0 Å². The van der Waals surface area contributed by atoms with Crippen LogP contribution >= 0.6 is 0 Å². The average Bonchev–Trinajstić information content (AvgIpc) is 2.87. The first-order valence-corrected chi connectivity index (χ1v) is 5.74. The van der Waals surface area contributed by atoms with E-state index < -0.39 is 0 Å². The van der Waals surface area contributed by atoms with E-state index in [1.54, 1.807) is 0 Å². The van der Waals surface area contributed by atoms with Gasteiger partial charge in [-0.2, -0.15) is 15.4 Å². The number of aromatic nitrogens is 3. The molecule has 0 radical (unpaired) electrons. The summed E-state index contributed by atoms with van der Waals surface area (Å²) >= 11 is 0. The molecular weight excluding hydrogens is 206 g/mol. The maximum Gasteiger partial charge on any atom is 0.276 e. The number of hydrogen-bond donors (Lipinski definition) is 2. The highest BCUT2D eigenvalue weighted by molar-refractivity contribution is 5.91. The maximum absolute atomic E-state index is 12.1. The fourth-order valence-corrected chi connectivity index (χ4v) is 2.59. The van der Waals surface area contributed by atoms with Gasteiger partial charge in [0.15, 0.2) is 5.69 Å². The fraction of sp³-hybridized carbons (Fsp3) is 0.700. The number of aromatic amines is 1. The highest BCUT2D eigenvalue weighted by Gasteiger charge is 2.31. The highest BCUT2D eigenvalue weighted by atomic mass is 16.2. The second-order valence-electron chi connectivity index (χ2n) is 4.53. The van der Waals surface area contributed by atoms with Crippen LogP contribution in [0.5, 0.6) is 0 Å². The molecule has 16 heavy (non-hydrogen) atoms. The summed E-state index contributed by atoms with van der Waals surface area (Å²) in [5, 5.41) is 13.5. The van der Waals surface area contributed by atoms with Crippen LogP contribution < -0.4 is 5.32 Å². The summed E-state index contributed by atoms with van der Waals surface area (Å²) in [5.41, 5.74) is 0.415. The molecule has 0 aromatic carbocycles. The van der Waals surface area contributed by atoms with Gasteiger partial charge in [-0.3, -0.25) is 4.79 Å². The lowest BCUT2D eigenvalue weighted by Gasteiger charge is -2.23. The van der Waals surface area contributed by atoms with Crippen molar-refractivity contribution in [2.75, 3.05) is 13.1 Å². The third-order valence-electron chi connectivity index (χ3n) is 3.44. The second kappa shape index (κ2) is 3.86. The van der Waals surface area contributed by atoms with Crippen molar-refractivity contribution in [3.8, 4) is 0 Å². The number of carbonyl (C=O) groups is 1. The van der Waals surface area contributed by atoms with Gasteiger partial charge in [-0.1, -0.05) is 0 Å². The molecule has 2 fully saturated rings. The third kappa shape index (κ3) is 1.69. The van der Waals surface area contributed by atoms with Gasteiger partial charge in [-0.15, -0.1) is 0 Å². The van der Waals surface area contributed by atoms with Crippen molar-refractivity contribution in [1.29, 1.82) is 0 Å². The van der Waals surface area contributed by atoms with E-state index in [4.69, 9.17) is 0 Å². The normalized spacial score (nSPS) is 29.1. The van der Waals surface area contributed by atoms with E-state index in [1.807, 2.05) is 4.90 Å². The molecule has 1 aromatic heterocycles. The van der Waals surface area contributed by atoms with Crippen molar-refractivity contribution in [1.82, 2.24) is 25.6 Å². The SMILES string of the molecule is O=C(c1cn[nH]n1)N1CCC2CCC(C1)N2. The molecule has 3 rings (SSSR count). The summed E-state index contributed by atoms with van der Waals surface area (Å²) < 4.78 is 0. The van der Waals surface area contributed by atoms with Crippen molar-refractivity contribution >= 4 is 5.91 Å². The number of carbonyl (C=O) groups excluding carboxylic acids is 1. The van der Waals surface area contributed by atoms with Crippen LogP contribution in [0.25, 0.3) is 0 Å². The van der Waals surface area contributed by atoms with Crippen molar-refractivity contribution in [2.45, 2.75) is 31.3 Å². The number of rotatable bonds is 1. The molecule has 0 saturated carbocycles. The van der Waals surface area contributed by atoms with Crippen molar-refractivity contribution in [2.24, 2.45) is 0 Å². The van der Waals surface area contributed by atoms with E-state index >= 15 is 0 Å². The molecule has 1 aromatic rings. The van der Waals surface area contributed by atoms with Gasteiger partial charge in [-0.05, 0) is 19.3 Å². The van der Waals surface area contributed by atoms with Crippen molar-refractivity contribution in [3.63, 3.8) is 0 Å². The van der Waals surface area contributed by atoms with Crippen LogP contribution in [0.2, 0.25) is 0 Å². The zero-order chi connectivity index (χ0) is 11.0. The van der Waals surface area contributed by atoms with E-state index in [0.717, 1.165) is 19.5 Å². The number of nitrogens with zero attached hydrogens (tertiary/aromatic N) is 3. The van der Waals surface area contributed by atoms with Gasteiger partial charge < -0.3 is 10.2 Å². The molecule has 0 spiro atoms. The van der Waals surface area contributed by atoms with Crippen molar-refractivity contribution < 1.29 is 4.79 Å². The van der Waals surface area contributed by atoms with Crippen LogP contribution in [0.1, 0.15) is 29.8 Å². The minimum atomic E-state index is -0.0110. The molecule has 1 amide bonds. The number of likely N-dealkylation sites (tertiary alicyclic amines) is 1. The number of amides is 1. The Morgan fingerprint density at radius 3 is 3.06 bits per heavy atom. The summed E-state index contributed by atoms with van der Waals surface area (Å²) in [5.74, 6) is -0.0110. The van der Waals surface area contributed by atoms with Crippen LogP contribution in [0, 0.1) is 0 Å². The van der Waals surface area contributed by atoms with Gasteiger partial charge >= 0.3 is 0 Å². The molecule has 3 heterocycles. The lowest BCUT2D eigenvalue weighted by atomic mass is 10.1. The number of hydrogen-bond acceptors (Lipinski definition) is 4. The predicted octanol–water partition coefficient (Wildman–Crippen LogP) is -0.229. The predicted molar refractivity (Wildman–Crippen MR) is 56.8 cm³/mol. The molecule has 86 valence electrons. The molecular formula is C10H15N5O. The molecule has 2 N–H and O–H groups in total. The van der Waals surface area contributed by atoms with Crippen LogP contribution in [0.4, 0.5) is 0 Å². The monoisotopic (exact) mass is 221 g/mol. The second-order valence-corrected chi connectivity index (χ2v) is 4.53. The van der Waals surface area contributed by atoms with E-state index in [-0.39, 0.29) is 5.91 Å². The molecule has 0 aliphatic carbocycles.